The minimum Gasteiger partial charge on any atom is -0.477 e. The summed E-state index contributed by atoms with van der Waals surface area (Å²) in [6.45, 7) is 3.90. The lowest BCUT2D eigenvalue weighted by atomic mass is 10.3. The van der Waals surface area contributed by atoms with E-state index in [1.54, 1.807) is 6.08 Å². The fourth-order valence-electron chi connectivity index (χ4n) is 1.33. The Morgan fingerprint density at radius 1 is 1.50 bits per heavy atom. The Bertz CT molecular complexity index is 580. The van der Waals surface area contributed by atoms with Crippen molar-refractivity contribution in [1.82, 2.24) is 9.29 Å². The number of aromatic carboxylic acids is 1. The molecule has 2 N–H and O–H groups in total. The summed E-state index contributed by atoms with van der Waals surface area (Å²) in [4.78, 5) is 10.8. The van der Waals surface area contributed by atoms with Crippen LogP contribution in [0.3, 0.4) is 0 Å². The van der Waals surface area contributed by atoms with Gasteiger partial charge in [-0.15, -0.1) is 0 Å². The SMILES string of the molecule is CC(C)=CCNS(=O)(=O)c1cc(C(=O)O)n(C)c1. The number of nitrogens with one attached hydrogen (secondary N) is 1. The number of aryl methyl sites for hydroxylation is 1. The molecule has 0 aromatic carbocycles. The Morgan fingerprint density at radius 3 is 2.56 bits per heavy atom. The summed E-state index contributed by atoms with van der Waals surface area (Å²) in [7, 11) is -2.19. The first-order chi connectivity index (χ1) is 8.24. The van der Waals surface area contributed by atoms with Gasteiger partial charge in [0.05, 0.1) is 0 Å². The topological polar surface area (TPSA) is 88.4 Å². The van der Waals surface area contributed by atoms with E-state index >= 15 is 0 Å². The standard InChI is InChI=1S/C11H16N2O4S/c1-8(2)4-5-12-18(16,17)9-6-10(11(14)15)13(3)7-9/h4,6-7,12H,5H2,1-3H3,(H,14,15). The third-order valence-electron chi connectivity index (χ3n) is 2.29. The van der Waals surface area contributed by atoms with Crippen molar-refractivity contribution in [2.75, 3.05) is 6.54 Å². The number of carboxylic acids is 1. The monoisotopic (exact) mass is 272 g/mol. The maximum Gasteiger partial charge on any atom is 0.352 e. The zero-order valence-corrected chi connectivity index (χ0v) is 11.3. The minimum absolute atomic E-state index is 0.0513. The third kappa shape index (κ3) is 3.44. The molecule has 6 nitrogen and oxygen atoms in total. The van der Waals surface area contributed by atoms with Gasteiger partial charge in [-0.2, -0.15) is 0 Å². The smallest absolute Gasteiger partial charge is 0.352 e. The molecule has 0 fully saturated rings. The van der Waals surface area contributed by atoms with E-state index in [0.717, 1.165) is 11.6 Å². The van der Waals surface area contributed by atoms with Crippen LogP contribution in [0.25, 0.3) is 0 Å². The first-order valence-electron chi connectivity index (χ1n) is 5.26. The molecule has 0 aliphatic rings. The number of carboxylic acid groups (broad SMARTS) is 1. The molecule has 0 aliphatic heterocycles. The average molecular weight is 272 g/mol. The van der Waals surface area contributed by atoms with Crippen LogP contribution < -0.4 is 4.72 Å². The van der Waals surface area contributed by atoms with Crippen molar-refractivity contribution in [3.8, 4) is 0 Å². The van der Waals surface area contributed by atoms with Gasteiger partial charge in [0.1, 0.15) is 10.6 Å². The molecule has 0 aliphatic carbocycles. The zero-order chi connectivity index (χ0) is 13.9. The molecule has 0 atom stereocenters. The summed E-state index contributed by atoms with van der Waals surface area (Å²) in [6, 6.07) is 1.13. The van der Waals surface area contributed by atoms with Crippen molar-refractivity contribution in [2.45, 2.75) is 18.7 Å². The van der Waals surface area contributed by atoms with Crippen LogP contribution in [0.5, 0.6) is 0 Å². The molecule has 1 aromatic heterocycles. The number of aromatic nitrogens is 1. The van der Waals surface area contributed by atoms with Gasteiger partial charge in [0, 0.05) is 19.8 Å². The van der Waals surface area contributed by atoms with Gasteiger partial charge >= 0.3 is 5.97 Å². The molecule has 18 heavy (non-hydrogen) atoms. The second-order valence-electron chi connectivity index (χ2n) is 4.11. The van der Waals surface area contributed by atoms with Gasteiger partial charge in [-0.25, -0.2) is 17.9 Å². The van der Waals surface area contributed by atoms with Crippen molar-refractivity contribution in [3.05, 3.63) is 29.6 Å². The van der Waals surface area contributed by atoms with Crippen LogP contribution in [-0.4, -0.2) is 30.6 Å². The summed E-state index contributed by atoms with van der Waals surface area (Å²) in [6.07, 6.45) is 3.01. The second kappa shape index (κ2) is 5.36. The van der Waals surface area contributed by atoms with Crippen LogP contribution in [0, 0.1) is 0 Å². The normalized spacial score (nSPS) is 11.3. The highest BCUT2D eigenvalue weighted by molar-refractivity contribution is 7.89. The molecule has 0 unspecified atom stereocenters. The Morgan fingerprint density at radius 2 is 2.11 bits per heavy atom. The van der Waals surface area contributed by atoms with Crippen LogP contribution in [0.2, 0.25) is 0 Å². The molecule has 0 saturated carbocycles. The summed E-state index contributed by atoms with van der Waals surface area (Å²) >= 11 is 0. The van der Waals surface area contributed by atoms with Crippen molar-refractivity contribution in [3.63, 3.8) is 0 Å². The molecule has 1 heterocycles. The molecule has 0 bridgehead atoms. The first-order valence-corrected chi connectivity index (χ1v) is 6.75. The molecule has 1 aromatic rings. The Kier molecular flexibility index (Phi) is 4.31. The molecule has 0 radical (unpaired) electrons. The van der Waals surface area contributed by atoms with Crippen molar-refractivity contribution < 1.29 is 18.3 Å². The van der Waals surface area contributed by atoms with E-state index < -0.39 is 16.0 Å². The lowest BCUT2D eigenvalue weighted by molar-refractivity contribution is 0.0686. The van der Waals surface area contributed by atoms with E-state index in [1.165, 1.54) is 17.8 Å². The summed E-state index contributed by atoms with van der Waals surface area (Å²) < 4.78 is 27.3. The maximum atomic E-state index is 11.9. The molecule has 0 saturated heterocycles. The lowest BCUT2D eigenvalue weighted by Crippen LogP contribution is -2.23. The predicted molar refractivity (Wildman–Crippen MR) is 67.0 cm³/mol. The highest BCUT2D eigenvalue weighted by atomic mass is 32.2. The van der Waals surface area contributed by atoms with E-state index in [9.17, 15) is 13.2 Å². The predicted octanol–water partition coefficient (Wildman–Crippen LogP) is 0.968. The van der Waals surface area contributed by atoms with Gasteiger partial charge in [0.25, 0.3) is 0 Å². The van der Waals surface area contributed by atoms with Gasteiger partial charge in [0.15, 0.2) is 0 Å². The molecule has 7 heteroatoms. The summed E-state index contributed by atoms with van der Waals surface area (Å²) in [5, 5.41) is 8.85. The number of hydrogen-bond acceptors (Lipinski definition) is 3. The largest absolute Gasteiger partial charge is 0.477 e. The molecule has 0 amide bonds. The Hall–Kier alpha value is -1.60. The van der Waals surface area contributed by atoms with E-state index in [4.69, 9.17) is 5.11 Å². The molecule has 1 rings (SSSR count). The quantitative estimate of drug-likeness (QED) is 0.782. The van der Waals surface area contributed by atoms with Crippen molar-refractivity contribution in [1.29, 1.82) is 0 Å². The van der Waals surface area contributed by atoms with Gasteiger partial charge in [-0.1, -0.05) is 11.6 Å². The highest BCUT2D eigenvalue weighted by Crippen LogP contribution is 2.13. The zero-order valence-electron chi connectivity index (χ0n) is 10.5. The van der Waals surface area contributed by atoms with Crippen molar-refractivity contribution in [2.24, 2.45) is 7.05 Å². The minimum atomic E-state index is -3.67. The Balaban J connectivity index is 2.96. The van der Waals surface area contributed by atoms with Gasteiger partial charge in [-0.05, 0) is 19.9 Å². The number of hydrogen-bond donors (Lipinski definition) is 2. The number of sulfonamides is 1. The van der Waals surface area contributed by atoms with E-state index in [-0.39, 0.29) is 17.1 Å². The number of rotatable bonds is 5. The van der Waals surface area contributed by atoms with Gasteiger partial charge in [-0.3, -0.25) is 0 Å². The van der Waals surface area contributed by atoms with Crippen molar-refractivity contribution >= 4 is 16.0 Å². The maximum absolute atomic E-state index is 11.9. The summed E-state index contributed by atoms with van der Waals surface area (Å²) in [5.74, 6) is -1.16. The van der Waals surface area contributed by atoms with E-state index in [1.807, 2.05) is 13.8 Å². The fourth-order valence-corrected chi connectivity index (χ4v) is 2.37. The van der Waals surface area contributed by atoms with Crippen LogP contribution >= 0.6 is 0 Å². The van der Waals surface area contributed by atoms with Gasteiger partial charge < -0.3 is 9.67 Å². The molecule has 0 spiro atoms. The van der Waals surface area contributed by atoms with E-state index in [0.29, 0.717) is 0 Å². The average Bonchev–Trinajstić information content (AvgIpc) is 2.60. The number of nitrogens with zero attached hydrogens (tertiary/aromatic N) is 1. The fraction of sp³-hybridized carbons (Fsp3) is 0.364. The Labute approximate surface area is 106 Å². The van der Waals surface area contributed by atoms with Crippen LogP contribution in [-0.2, 0) is 17.1 Å². The van der Waals surface area contributed by atoms with Crippen LogP contribution in [0.4, 0.5) is 0 Å². The highest BCUT2D eigenvalue weighted by Gasteiger charge is 2.19. The van der Waals surface area contributed by atoms with Gasteiger partial charge in [0.2, 0.25) is 10.0 Å². The third-order valence-corrected chi connectivity index (χ3v) is 3.68. The lowest BCUT2D eigenvalue weighted by Gasteiger charge is -2.01. The number of carbonyl (C=O) groups is 1. The van der Waals surface area contributed by atoms with E-state index in [2.05, 4.69) is 4.72 Å². The summed E-state index contributed by atoms with van der Waals surface area (Å²) in [5.41, 5.74) is 0.926. The molecular weight excluding hydrogens is 256 g/mol. The second-order valence-corrected chi connectivity index (χ2v) is 5.88. The number of allylic oxidation sites excluding steroid dienone is 1. The van der Waals surface area contributed by atoms with Crippen LogP contribution in [0.15, 0.2) is 28.8 Å². The first kappa shape index (κ1) is 14.5. The van der Waals surface area contributed by atoms with Crippen LogP contribution in [0.1, 0.15) is 24.3 Å². The molecular formula is C11H16N2O4S. The molecule has 100 valence electrons.